The van der Waals surface area contributed by atoms with Crippen LogP contribution >= 0.6 is 0 Å². The van der Waals surface area contributed by atoms with E-state index in [1.54, 1.807) is 18.2 Å². The summed E-state index contributed by atoms with van der Waals surface area (Å²) in [7, 11) is -3.78. The number of nitro groups is 1. The first-order chi connectivity index (χ1) is 16.3. The minimum Gasteiger partial charge on any atom is -0.366 e. The lowest BCUT2D eigenvalue weighted by Crippen LogP contribution is -2.44. The predicted octanol–water partition coefficient (Wildman–Crippen LogP) is 3.41. The first kappa shape index (κ1) is 24.2. The number of benzene rings is 2. The lowest BCUT2D eigenvalue weighted by atomic mass is 10.0. The molecule has 0 saturated carbocycles. The molecule has 2 aromatic rings. The van der Waals surface area contributed by atoms with Gasteiger partial charge in [-0.3, -0.25) is 14.9 Å². The Morgan fingerprint density at radius 2 is 1.76 bits per heavy atom. The molecule has 0 aromatic heterocycles. The zero-order valence-electron chi connectivity index (χ0n) is 19.2. The number of rotatable bonds is 6. The summed E-state index contributed by atoms with van der Waals surface area (Å²) in [4.78, 5) is 25.6. The van der Waals surface area contributed by atoms with Crippen LogP contribution in [-0.4, -0.2) is 55.8 Å². The first-order valence-corrected chi connectivity index (χ1v) is 13.1. The van der Waals surface area contributed by atoms with Crippen molar-refractivity contribution in [2.45, 2.75) is 43.5 Å². The Morgan fingerprint density at radius 1 is 1.06 bits per heavy atom. The number of piperidine rings is 2. The molecule has 0 aliphatic carbocycles. The molecule has 0 bridgehead atoms. The molecule has 0 spiro atoms. The van der Waals surface area contributed by atoms with Crippen molar-refractivity contribution in [3.8, 4) is 0 Å². The molecule has 4 rings (SSSR count). The van der Waals surface area contributed by atoms with E-state index < -0.39 is 14.9 Å². The van der Waals surface area contributed by atoms with E-state index in [9.17, 15) is 23.3 Å². The van der Waals surface area contributed by atoms with Gasteiger partial charge in [-0.15, -0.1) is 0 Å². The van der Waals surface area contributed by atoms with Gasteiger partial charge in [-0.25, -0.2) is 8.42 Å². The molecule has 2 saturated heterocycles. The topological polar surface area (TPSA) is 113 Å². The average molecular weight is 487 g/mol. The maximum atomic E-state index is 13.1. The Labute approximate surface area is 200 Å². The van der Waals surface area contributed by atoms with Crippen molar-refractivity contribution in [3.63, 3.8) is 0 Å². The first-order valence-electron chi connectivity index (χ1n) is 11.6. The zero-order chi connectivity index (χ0) is 24.3. The number of nitrogens with zero attached hydrogens (tertiary/aromatic N) is 3. The van der Waals surface area contributed by atoms with Gasteiger partial charge in [0.2, 0.25) is 10.0 Å². The number of hydrogen-bond donors (Lipinski definition) is 1. The van der Waals surface area contributed by atoms with E-state index in [-0.39, 0.29) is 28.4 Å². The van der Waals surface area contributed by atoms with E-state index in [4.69, 9.17) is 0 Å². The molecular weight excluding hydrogens is 456 g/mol. The van der Waals surface area contributed by atoms with E-state index in [1.807, 2.05) is 30.0 Å². The van der Waals surface area contributed by atoms with Crippen LogP contribution in [0.4, 0.5) is 11.4 Å². The number of carbonyl (C=O) groups excluding carboxylic acids is 1. The number of nitro benzene ring substituents is 1. The number of anilines is 1. The van der Waals surface area contributed by atoms with Crippen LogP contribution in [0.3, 0.4) is 0 Å². The summed E-state index contributed by atoms with van der Waals surface area (Å²) in [5.74, 6) is 0.132. The molecule has 1 unspecified atom stereocenters. The summed E-state index contributed by atoms with van der Waals surface area (Å²) in [6.45, 7) is 3.93. The molecule has 2 aliphatic rings. The standard InChI is InChI=1S/C24H30N4O5S/c1-18-6-5-13-27(17-18)34(32,33)21-9-10-22(23(16-21)28(30)31)26-14-11-20(12-15-26)25-24(29)19-7-3-2-4-8-19/h2-4,7-10,16,18,20H,5-6,11-15,17H2,1H3,(H,25,29). The van der Waals surface area contributed by atoms with Gasteiger partial charge in [0.05, 0.1) is 9.82 Å². The van der Waals surface area contributed by atoms with Crippen LogP contribution in [-0.2, 0) is 10.0 Å². The molecular formula is C24H30N4O5S. The van der Waals surface area contributed by atoms with Crippen LogP contribution in [0, 0.1) is 16.0 Å². The minimum atomic E-state index is -3.78. The van der Waals surface area contributed by atoms with E-state index in [0.717, 1.165) is 12.8 Å². The third-order valence-corrected chi connectivity index (χ3v) is 8.47. The van der Waals surface area contributed by atoms with E-state index in [0.29, 0.717) is 50.3 Å². The summed E-state index contributed by atoms with van der Waals surface area (Å²) in [6, 6.07) is 13.2. The van der Waals surface area contributed by atoms with Gasteiger partial charge in [0.1, 0.15) is 5.69 Å². The molecule has 0 radical (unpaired) electrons. The predicted molar refractivity (Wildman–Crippen MR) is 129 cm³/mol. The van der Waals surface area contributed by atoms with Crippen LogP contribution in [0.25, 0.3) is 0 Å². The molecule has 1 amide bonds. The van der Waals surface area contributed by atoms with Gasteiger partial charge < -0.3 is 10.2 Å². The summed E-state index contributed by atoms with van der Waals surface area (Å²) in [5, 5.41) is 14.9. The van der Waals surface area contributed by atoms with Gasteiger partial charge in [-0.1, -0.05) is 25.1 Å². The van der Waals surface area contributed by atoms with E-state index >= 15 is 0 Å². The van der Waals surface area contributed by atoms with Crippen molar-refractivity contribution in [1.82, 2.24) is 9.62 Å². The number of amides is 1. The van der Waals surface area contributed by atoms with Gasteiger partial charge in [-0.05, 0) is 55.9 Å². The largest absolute Gasteiger partial charge is 0.366 e. The van der Waals surface area contributed by atoms with Gasteiger partial charge in [-0.2, -0.15) is 4.31 Å². The minimum absolute atomic E-state index is 0.0243. The zero-order valence-corrected chi connectivity index (χ0v) is 20.0. The lowest BCUT2D eigenvalue weighted by molar-refractivity contribution is -0.384. The Bertz CT molecular complexity index is 1150. The summed E-state index contributed by atoms with van der Waals surface area (Å²) in [6.07, 6.45) is 3.05. The molecule has 9 nitrogen and oxygen atoms in total. The van der Waals surface area contributed by atoms with Crippen molar-refractivity contribution in [2.24, 2.45) is 5.92 Å². The average Bonchev–Trinajstić information content (AvgIpc) is 2.84. The van der Waals surface area contributed by atoms with Crippen molar-refractivity contribution >= 4 is 27.3 Å². The Kier molecular flexibility index (Phi) is 7.18. The monoisotopic (exact) mass is 486 g/mol. The fourth-order valence-corrected chi connectivity index (χ4v) is 6.33. The SMILES string of the molecule is CC1CCCN(S(=O)(=O)c2ccc(N3CCC(NC(=O)c4ccccc4)CC3)c([N+](=O)[O-])c2)C1. The third kappa shape index (κ3) is 5.23. The molecule has 2 heterocycles. The van der Waals surface area contributed by atoms with Gasteiger partial charge in [0.25, 0.3) is 11.6 Å². The van der Waals surface area contributed by atoms with Crippen molar-refractivity contribution < 1.29 is 18.1 Å². The smallest absolute Gasteiger partial charge is 0.293 e. The quantitative estimate of drug-likeness (QED) is 0.495. The van der Waals surface area contributed by atoms with E-state index in [2.05, 4.69) is 5.32 Å². The number of hydrogen-bond acceptors (Lipinski definition) is 6. The van der Waals surface area contributed by atoms with Crippen LogP contribution in [0.15, 0.2) is 53.4 Å². The van der Waals surface area contributed by atoms with Gasteiger partial charge in [0, 0.05) is 43.9 Å². The van der Waals surface area contributed by atoms with E-state index in [1.165, 1.54) is 16.4 Å². The van der Waals surface area contributed by atoms with Crippen LogP contribution in [0.5, 0.6) is 0 Å². The highest BCUT2D eigenvalue weighted by Crippen LogP contribution is 2.34. The molecule has 10 heteroatoms. The summed E-state index contributed by atoms with van der Waals surface area (Å²) < 4.78 is 27.6. The van der Waals surface area contributed by atoms with Crippen LogP contribution < -0.4 is 10.2 Å². The number of sulfonamides is 1. The number of nitrogens with one attached hydrogen (secondary N) is 1. The Hall–Kier alpha value is -2.98. The molecule has 1 N–H and O–H groups in total. The second kappa shape index (κ2) is 10.1. The highest BCUT2D eigenvalue weighted by Gasteiger charge is 2.32. The highest BCUT2D eigenvalue weighted by molar-refractivity contribution is 7.89. The molecule has 2 aromatic carbocycles. The summed E-state index contributed by atoms with van der Waals surface area (Å²) in [5.41, 5.74) is 0.794. The molecule has 34 heavy (non-hydrogen) atoms. The normalized spacial score (nSPS) is 20.1. The van der Waals surface area contributed by atoms with Crippen molar-refractivity contribution in [3.05, 3.63) is 64.2 Å². The maximum absolute atomic E-state index is 13.1. The molecule has 1 atom stereocenters. The lowest BCUT2D eigenvalue weighted by Gasteiger charge is -2.34. The Morgan fingerprint density at radius 3 is 2.41 bits per heavy atom. The second-order valence-electron chi connectivity index (χ2n) is 9.12. The fraction of sp³-hybridized carbons (Fsp3) is 0.458. The third-order valence-electron chi connectivity index (χ3n) is 6.61. The molecule has 182 valence electrons. The van der Waals surface area contributed by atoms with Crippen LogP contribution in [0.1, 0.15) is 43.0 Å². The van der Waals surface area contributed by atoms with Crippen LogP contribution in [0.2, 0.25) is 0 Å². The van der Waals surface area contributed by atoms with Crippen molar-refractivity contribution in [1.29, 1.82) is 0 Å². The fourth-order valence-electron chi connectivity index (χ4n) is 4.71. The highest BCUT2D eigenvalue weighted by atomic mass is 32.2. The summed E-state index contributed by atoms with van der Waals surface area (Å²) >= 11 is 0. The molecule has 2 aliphatic heterocycles. The Balaban J connectivity index is 1.46. The van der Waals surface area contributed by atoms with Crippen molar-refractivity contribution in [2.75, 3.05) is 31.1 Å². The number of carbonyl (C=O) groups is 1. The van der Waals surface area contributed by atoms with Gasteiger partial charge in [0.15, 0.2) is 0 Å². The maximum Gasteiger partial charge on any atom is 0.293 e. The molecule has 2 fully saturated rings. The second-order valence-corrected chi connectivity index (χ2v) is 11.1. The van der Waals surface area contributed by atoms with Gasteiger partial charge >= 0.3 is 0 Å².